The lowest BCUT2D eigenvalue weighted by Crippen LogP contribution is -2.65. The van der Waals surface area contributed by atoms with E-state index in [1.807, 2.05) is 0 Å². The van der Waals surface area contributed by atoms with E-state index >= 15 is 0 Å². The molecule has 0 amide bonds. The third-order valence-corrected chi connectivity index (χ3v) is 9.24. The summed E-state index contributed by atoms with van der Waals surface area (Å²) in [5.74, 6) is -6.51. The maximum absolute atomic E-state index is 14.9. The van der Waals surface area contributed by atoms with Gasteiger partial charge in [-0.05, 0) is 73.1 Å². The van der Waals surface area contributed by atoms with E-state index in [1.54, 1.807) is 30.3 Å². The van der Waals surface area contributed by atoms with Gasteiger partial charge in [-0.1, -0.05) is 36.8 Å². The molecule has 4 aliphatic rings. The minimum absolute atomic E-state index is 0.0374. The van der Waals surface area contributed by atoms with Gasteiger partial charge in [0.05, 0.1) is 0 Å². The Morgan fingerprint density at radius 3 is 2.34 bits per heavy atom. The summed E-state index contributed by atoms with van der Waals surface area (Å²) in [4.78, 5) is 23.2. The Morgan fingerprint density at radius 2 is 1.71 bits per heavy atom. The van der Waals surface area contributed by atoms with Crippen molar-refractivity contribution in [3.63, 3.8) is 0 Å². The van der Waals surface area contributed by atoms with E-state index in [9.17, 15) is 36.6 Å². The quantitative estimate of drug-likeness (QED) is 0.395. The van der Waals surface area contributed by atoms with E-state index in [4.69, 9.17) is 0 Å². The number of aliphatic hydroxyl groups is 1. The summed E-state index contributed by atoms with van der Waals surface area (Å²) in [6.45, 7) is 1.40. The zero-order valence-electron chi connectivity index (χ0n) is 19.3. The van der Waals surface area contributed by atoms with Gasteiger partial charge in [-0.2, -0.15) is 22.0 Å². The molecule has 1 aromatic rings. The molecular weight excluding hydrogens is 467 g/mol. The topological polar surface area (TPSA) is 54.4 Å². The van der Waals surface area contributed by atoms with Gasteiger partial charge >= 0.3 is 12.1 Å². The molecule has 2 fully saturated rings. The number of hydrogen-bond acceptors (Lipinski definition) is 3. The molecule has 0 bridgehead atoms. The van der Waals surface area contributed by atoms with E-state index in [-0.39, 0.29) is 24.5 Å². The fraction of sp³-hybridized carbons (Fsp3) is 0.556. The smallest absolute Gasteiger partial charge is 0.383 e. The third-order valence-electron chi connectivity index (χ3n) is 9.24. The van der Waals surface area contributed by atoms with Crippen LogP contribution in [0.5, 0.6) is 0 Å². The number of alkyl halides is 5. The average molecular weight is 495 g/mol. The first-order valence-electron chi connectivity index (χ1n) is 12.0. The largest absolute Gasteiger partial charge is 0.456 e. The minimum Gasteiger partial charge on any atom is -0.383 e. The summed E-state index contributed by atoms with van der Waals surface area (Å²) >= 11 is 0. The predicted molar refractivity (Wildman–Crippen MR) is 118 cm³/mol. The second-order valence-electron chi connectivity index (χ2n) is 10.8. The number of aldehydes is 1. The van der Waals surface area contributed by atoms with Crippen LogP contribution >= 0.6 is 0 Å². The summed E-state index contributed by atoms with van der Waals surface area (Å²) < 4.78 is 70.5. The van der Waals surface area contributed by atoms with Crippen molar-refractivity contribution >= 4 is 12.1 Å². The lowest BCUT2D eigenvalue weighted by atomic mass is 9.50. The molecule has 4 aliphatic carbocycles. The minimum atomic E-state index is -5.87. The van der Waals surface area contributed by atoms with Crippen LogP contribution in [-0.4, -0.2) is 34.9 Å². The first-order valence-corrected chi connectivity index (χ1v) is 12.0. The number of rotatable bonds is 3. The molecule has 35 heavy (non-hydrogen) atoms. The number of carbonyl (C=O) groups is 2. The summed E-state index contributed by atoms with van der Waals surface area (Å²) in [6, 6.07) is 6.63. The molecule has 5 rings (SSSR count). The third kappa shape index (κ3) is 3.31. The van der Waals surface area contributed by atoms with Crippen LogP contribution in [-0.2, 0) is 4.79 Å². The van der Waals surface area contributed by atoms with Crippen LogP contribution in [0.3, 0.4) is 0 Å². The van der Waals surface area contributed by atoms with Gasteiger partial charge in [-0.15, -0.1) is 0 Å². The normalized spacial score (nSPS) is 35.2. The average Bonchev–Trinajstić information content (AvgIpc) is 3.09. The molecule has 0 saturated heterocycles. The highest BCUT2D eigenvalue weighted by atomic mass is 19.4. The van der Waals surface area contributed by atoms with Crippen molar-refractivity contribution in [1.29, 1.82) is 0 Å². The molecule has 3 nitrogen and oxygen atoms in total. The van der Waals surface area contributed by atoms with Crippen LogP contribution in [0.1, 0.15) is 73.7 Å². The van der Waals surface area contributed by atoms with E-state index in [2.05, 4.69) is 0 Å². The molecule has 4 unspecified atom stereocenters. The Kier molecular flexibility index (Phi) is 5.44. The van der Waals surface area contributed by atoms with Gasteiger partial charge in [0, 0.05) is 23.3 Å². The number of hydrogen-bond donors (Lipinski definition) is 1. The summed E-state index contributed by atoms with van der Waals surface area (Å²) in [7, 11) is 0. The van der Waals surface area contributed by atoms with Crippen LogP contribution in [0.2, 0.25) is 0 Å². The number of ketones is 1. The monoisotopic (exact) mass is 494 g/mol. The molecule has 2 saturated carbocycles. The standard InChI is InChI=1S/C27H27F5O3/c1-24-13-21(16-4-2-15(14-33)3-5-16)23-19-9-7-18(34)12-17(19)6-8-20(23)22(24)10-11-25(24,35)26(28,29)27(30,31)32/h2-5,12,14,20-22,35H,6-11,13H2,1H3/t20?,21?,22?,24?,25-/m0/s1. The van der Waals surface area contributed by atoms with E-state index < -0.39 is 41.4 Å². The number of halogens is 5. The first kappa shape index (κ1) is 24.3. The second-order valence-corrected chi connectivity index (χ2v) is 10.8. The van der Waals surface area contributed by atoms with E-state index in [1.165, 1.54) is 6.92 Å². The fourth-order valence-corrected chi connectivity index (χ4v) is 7.52. The Hall–Kier alpha value is -2.35. The molecule has 0 aromatic heterocycles. The molecule has 0 radical (unpaired) electrons. The zero-order chi connectivity index (χ0) is 25.4. The van der Waals surface area contributed by atoms with Gasteiger partial charge in [0.2, 0.25) is 0 Å². The van der Waals surface area contributed by atoms with Crippen molar-refractivity contribution < 1.29 is 36.6 Å². The highest BCUT2D eigenvalue weighted by Crippen LogP contribution is 2.70. The van der Waals surface area contributed by atoms with Gasteiger partial charge in [-0.3, -0.25) is 9.59 Å². The van der Waals surface area contributed by atoms with Crippen LogP contribution in [0, 0.1) is 17.3 Å². The molecule has 188 valence electrons. The molecule has 0 aliphatic heterocycles. The Bertz CT molecular complexity index is 1130. The van der Waals surface area contributed by atoms with Crippen molar-refractivity contribution in [3.8, 4) is 0 Å². The Labute approximate surface area is 200 Å². The zero-order valence-corrected chi connectivity index (χ0v) is 19.3. The maximum atomic E-state index is 14.9. The van der Waals surface area contributed by atoms with Crippen molar-refractivity contribution in [2.24, 2.45) is 17.3 Å². The number of carbonyl (C=O) groups excluding carboxylic acids is 2. The van der Waals surface area contributed by atoms with Gasteiger partial charge in [0.1, 0.15) is 11.9 Å². The number of fused-ring (bicyclic) bond motifs is 4. The van der Waals surface area contributed by atoms with Crippen LogP contribution < -0.4 is 0 Å². The molecule has 8 heteroatoms. The van der Waals surface area contributed by atoms with Crippen molar-refractivity contribution in [2.75, 3.05) is 0 Å². The SMILES string of the molecule is CC12CC(c3ccc(C=O)cc3)C3=C4CCC(=O)C=C4CCC3C1CC[C@@]2(O)C(F)(F)C(F)(F)F. The van der Waals surface area contributed by atoms with Gasteiger partial charge < -0.3 is 5.11 Å². The first-order chi connectivity index (χ1) is 16.3. The molecule has 5 atom stereocenters. The van der Waals surface area contributed by atoms with Crippen molar-refractivity contribution in [3.05, 3.63) is 58.2 Å². The molecule has 0 spiro atoms. The summed E-state index contributed by atoms with van der Waals surface area (Å²) in [5, 5.41) is 11.2. The highest BCUT2D eigenvalue weighted by Gasteiger charge is 2.79. The van der Waals surface area contributed by atoms with Crippen LogP contribution in [0.15, 0.2) is 47.1 Å². The number of allylic oxidation sites excluding steroid dienone is 4. The summed E-state index contributed by atoms with van der Waals surface area (Å²) in [6.07, 6.45) is -2.21. The van der Waals surface area contributed by atoms with E-state index in [0.29, 0.717) is 43.1 Å². The number of benzene rings is 1. The lowest BCUT2D eigenvalue weighted by Gasteiger charge is -2.56. The molecule has 1 N–H and O–H groups in total. The van der Waals surface area contributed by atoms with Gasteiger partial charge in [0.25, 0.3) is 0 Å². The lowest BCUT2D eigenvalue weighted by molar-refractivity contribution is -0.362. The maximum Gasteiger partial charge on any atom is 0.456 e. The molecule has 0 heterocycles. The van der Waals surface area contributed by atoms with Crippen LogP contribution in [0.4, 0.5) is 22.0 Å². The van der Waals surface area contributed by atoms with E-state index in [0.717, 1.165) is 16.7 Å². The highest BCUT2D eigenvalue weighted by molar-refractivity contribution is 5.93. The Morgan fingerprint density at radius 1 is 1.03 bits per heavy atom. The summed E-state index contributed by atoms with van der Waals surface area (Å²) in [5.41, 5.74) is -0.804. The molecule has 1 aromatic carbocycles. The van der Waals surface area contributed by atoms with Gasteiger partial charge in [-0.25, -0.2) is 0 Å². The van der Waals surface area contributed by atoms with Crippen LogP contribution in [0.25, 0.3) is 0 Å². The fourth-order valence-electron chi connectivity index (χ4n) is 7.52. The Balaban J connectivity index is 1.69. The second kappa shape index (κ2) is 7.82. The van der Waals surface area contributed by atoms with Crippen molar-refractivity contribution in [2.45, 2.75) is 75.5 Å². The molecular formula is C27H27F5O3. The predicted octanol–water partition coefficient (Wildman–Crippen LogP) is 6.33. The van der Waals surface area contributed by atoms with Crippen molar-refractivity contribution in [1.82, 2.24) is 0 Å². The van der Waals surface area contributed by atoms with Gasteiger partial charge in [0.15, 0.2) is 5.78 Å².